The average Bonchev–Trinajstić information content (AvgIpc) is 2.75. The Bertz CT molecular complexity index is 1090. The van der Waals surface area contributed by atoms with Gasteiger partial charge in [0, 0.05) is 24.9 Å². The molecule has 0 aliphatic carbocycles. The Labute approximate surface area is 188 Å². The highest BCUT2D eigenvalue weighted by atomic mass is 35.5. The van der Waals surface area contributed by atoms with Crippen LogP contribution in [0.3, 0.4) is 0 Å². The van der Waals surface area contributed by atoms with Crippen molar-refractivity contribution < 1.29 is 18.7 Å². The highest BCUT2D eigenvalue weighted by Crippen LogP contribution is 2.25. The van der Waals surface area contributed by atoms with E-state index in [0.717, 1.165) is 5.56 Å². The van der Waals surface area contributed by atoms with Gasteiger partial charge in [0.15, 0.2) is 0 Å². The minimum atomic E-state index is -0.800. The zero-order valence-electron chi connectivity index (χ0n) is 16.4. The first kappa shape index (κ1) is 22.5. The van der Waals surface area contributed by atoms with Crippen LogP contribution in [0.5, 0.6) is 11.6 Å². The van der Waals surface area contributed by atoms with E-state index in [9.17, 15) is 14.0 Å². The molecule has 0 aliphatic heterocycles. The molecule has 0 aliphatic rings. The average molecular weight is 462 g/mol. The molecule has 0 bridgehead atoms. The maximum atomic E-state index is 13.2. The largest absolute Gasteiger partial charge is 0.439 e. The number of hydrogen-bond acceptors (Lipinski definition) is 4. The Hall–Kier alpha value is -3.16. The van der Waals surface area contributed by atoms with E-state index in [1.165, 1.54) is 30.5 Å². The Kier molecular flexibility index (Phi) is 7.44. The van der Waals surface area contributed by atoms with Gasteiger partial charge < -0.3 is 15.4 Å². The Morgan fingerprint density at radius 2 is 1.90 bits per heavy atom. The van der Waals surface area contributed by atoms with Crippen molar-refractivity contribution in [3.05, 3.63) is 87.8 Å². The molecular formula is C22H18Cl2FN3O3. The molecule has 0 saturated heterocycles. The van der Waals surface area contributed by atoms with Crippen molar-refractivity contribution in [3.63, 3.8) is 0 Å². The third-order valence-electron chi connectivity index (χ3n) is 4.22. The molecule has 3 aromatic rings. The Balaban J connectivity index is 1.51. The third-order valence-corrected chi connectivity index (χ3v) is 5.04. The number of amides is 2. The molecule has 1 atom stereocenters. The molecule has 9 heteroatoms. The number of carbonyl (C=O) groups is 2. The van der Waals surface area contributed by atoms with Crippen molar-refractivity contribution in [3.8, 4) is 11.6 Å². The zero-order valence-corrected chi connectivity index (χ0v) is 17.9. The van der Waals surface area contributed by atoms with Gasteiger partial charge in [-0.1, -0.05) is 41.4 Å². The molecule has 0 spiro atoms. The zero-order chi connectivity index (χ0) is 22.4. The molecule has 6 nitrogen and oxygen atoms in total. The van der Waals surface area contributed by atoms with Gasteiger partial charge in [0.05, 0.1) is 15.6 Å². The van der Waals surface area contributed by atoms with Crippen LogP contribution in [0.4, 0.5) is 4.39 Å². The van der Waals surface area contributed by atoms with E-state index in [-0.39, 0.29) is 28.1 Å². The summed E-state index contributed by atoms with van der Waals surface area (Å²) in [5.41, 5.74) is 0.906. The summed E-state index contributed by atoms with van der Waals surface area (Å²) >= 11 is 11.9. The van der Waals surface area contributed by atoms with Crippen LogP contribution < -0.4 is 15.4 Å². The van der Waals surface area contributed by atoms with Crippen LogP contribution in [-0.4, -0.2) is 22.8 Å². The van der Waals surface area contributed by atoms with Crippen molar-refractivity contribution in [2.45, 2.75) is 19.5 Å². The maximum absolute atomic E-state index is 13.2. The molecular weight excluding hydrogens is 444 g/mol. The van der Waals surface area contributed by atoms with E-state index < -0.39 is 17.8 Å². The van der Waals surface area contributed by atoms with Crippen LogP contribution in [0, 0.1) is 5.82 Å². The van der Waals surface area contributed by atoms with Gasteiger partial charge in [0.1, 0.15) is 17.6 Å². The fourth-order valence-electron chi connectivity index (χ4n) is 2.59. The summed E-state index contributed by atoms with van der Waals surface area (Å²) in [6, 6.07) is 12.9. The molecule has 1 unspecified atom stereocenters. The predicted molar refractivity (Wildman–Crippen MR) is 116 cm³/mol. The van der Waals surface area contributed by atoms with Crippen molar-refractivity contribution >= 4 is 35.0 Å². The number of carbonyl (C=O) groups excluding carboxylic acids is 2. The SMILES string of the molecule is CC(NC(=O)c1cccc(Cl)c1Cl)C(=O)NCc1ccc(Oc2cccc(F)c2)nc1. The number of pyridine rings is 1. The van der Waals surface area contributed by atoms with E-state index in [1.54, 1.807) is 37.3 Å². The van der Waals surface area contributed by atoms with Gasteiger partial charge in [-0.15, -0.1) is 0 Å². The number of benzene rings is 2. The topological polar surface area (TPSA) is 80.3 Å². The van der Waals surface area contributed by atoms with Crippen LogP contribution >= 0.6 is 23.2 Å². The van der Waals surface area contributed by atoms with Gasteiger partial charge in [-0.05, 0) is 36.8 Å². The molecule has 0 fully saturated rings. The summed E-state index contributed by atoms with van der Waals surface area (Å²) in [6.07, 6.45) is 1.53. The molecule has 2 aromatic carbocycles. The smallest absolute Gasteiger partial charge is 0.253 e. The van der Waals surface area contributed by atoms with Crippen LogP contribution in [0.25, 0.3) is 0 Å². The minimum Gasteiger partial charge on any atom is -0.439 e. The second-order valence-corrected chi connectivity index (χ2v) is 7.36. The lowest BCUT2D eigenvalue weighted by Gasteiger charge is -2.15. The Morgan fingerprint density at radius 1 is 1.13 bits per heavy atom. The first-order valence-electron chi connectivity index (χ1n) is 9.24. The second kappa shape index (κ2) is 10.2. The third kappa shape index (κ3) is 6.16. The normalized spacial score (nSPS) is 11.5. The molecule has 0 saturated carbocycles. The molecule has 1 aromatic heterocycles. The van der Waals surface area contributed by atoms with Crippen molar-refractivity contribution in [1.82, 2.24) is 15.6 Å². The summed E-state index contributed by atoms with van der Waals surface area (Å²) in [6.45, 7) is 1.75. The van der Waals surface area contributed by atoms with Crippen LogP contribution in [0.15, 0.2) is 60.8 Å². The van der Waals surface area contributed by atoms with Crippen molar-refractivity contribution in [2.24, 2.45) is 0 Å². The molecule has 3 rings (SSSR count). The van der Waals surface area contributed by atoms with Gasteiger partial charge in [0.2, 0.25) is 11.8 Å². The first-order valence-corrected chi connectivity index (χ1v) is 10.00. The molecule has 0 radical (unpaired) electrons. The van der Waals surface area contributed by atoms with Gasteiger partial charge in [-0.25, -0.2) is 9.37 Å². The van der Waals surface area contributed by atoms with Crippen LogP contribution in [0.1, 0.15) is 22.8 Å². The van der Waals surface area contributed by atoms with E-state index in [4.69, 9.17) is 27.9 Å². The van der Waals surface area contributed by atoms with Crippen LogP contribution in [-0.2, 0) is 11.3 Å². The van der Waals surface area contributed by atoms with Crippen molar-refractivity contribution in [2.75, 3.05) is 0 Å². The number of rotatable bonds is 7. The van der Waals surface area contributed by atoms with Gasteiger partial charge in [-0.2, -0.15) is 0 Å². The number of nitrogens with one attached hydrogen (secondary N) is 2. The first-order chi connectivity index (χ1) is 14.8. The molecule has 2 amide bonds. The van der Waals surface area contributed by atoms with Crippen molar-refractivity contribution in [1.29, 1.82) is 0 Å². The lowest BCUT2D eigenvalue weighted by atomic mass is 10.2. The Morgan fingerprint density at radius 3 is 2.61 bits per heavy atom. The maximum Gasteiger partial charge on any atom is 0.253 e. The number of hydrogen-bond donors (Lipinski definition) is 2. The lowest BCUT2D eigenvalue weighted by Crippen LogP contribution is -2.44. The number of ether oxygens (including phenoxy) is 1. The quantitative estimate of drug-likeness (QED) is 0.531. The predicted octanol–water partition coefficient (Wildman–Crippen LogP) is 4.75. The van der Waals surface area contributed by atoms with Gasteiger partial charge in [-0.3, -0.25) is 9.59 Å². The second-order valence-electron chi connectivity index (χ2n) is 6.58. The fourth-order valence-corrected chi connectivity index (χ4v) is 2.97. The van der Waals surface area contributed by atoms with E-state index in [1.807, 2.05) is 0 Å². The number of nitrogens with zero attached hydrogens (tertiary/aromatic N) is 1. The summed E-state index contributed by atoms with van der Waals surface area (Å²) in [4.78, 5) is 28.8. The summed E-state index contributed by atoms with van der Waals surface area (Å²) in [5, 5.41) is 5.68. The number of halogens is 3. The van der Waals surface area contributed by atoms with E-state index >= 15 is 0 Å². The molecule has 1 heterocycles. The fraction of sp³-hybridized carbons (Fsp3) is 0.136. The van der Waals surface area contributed by atoms with Gasteiger partial charge >= 0.3 is 0 Å². The highest BCUT2D eigenvalue weighted by Gasteiger charge is 2.19. The highest BCUT2D eigenvalue weighted by molar-refractivity contribution is 6.43. The number of aromatic nitrogens is 1. The molecule has 2 N–H and O–H groups in total. The standard InChI is InChI=1S/C22H18Cl2FN3O3/c1-13(28-22(30)17-6-3-7-18(23)20(17)24)21(29)27-12-14-8-9-19(26-11-14)31-16-5-2-4-15(25)10-16/h2-11,13H,12H2,1H3,(H,27,29)(H,28,30). The monoisotopic (exact) mass is 461 g/mol. The summed E-state index contributed by atoms with van der Waals surface area (Å²) < 4.78 is 18.7. The lowest BCUT2D eigenvalue weighted by molar-refractivity contribution is -0.122. The summed E-state index contributed by atoms with van der Waals surface area (Å²) in [5.74, 6) is -0.671. The van der Waals surface area contributed by atoms with E-state index in [2.05, 4.69) is 15.6 Å². The summed E-state index contributed by atoms with van der Waals surface area (Å²) in [7, 11) is 0. The minimum absolute atomic E-state index is 0.126. The molecule has 160 valence electrons. The van der Waals surface area contributed by atoms with E-state index in [0.29, 0.717) is 11.6 Å². The molecule has 31 heavy (non-hydrogen) atoms. The van der Waals surface area contributed by atoms with Crippen LogP contribution in [0.2, 0.25) is 10.0 Å². The van der Waals surface area contributed by atoms with Gasteiger partial charge in [0.25, 0.3) is 5.91 Å².